The fraction of sp³-hybridized carbons (Fsp3) is 0.471. The summed E-state index contributed by atoms with van der Waals surface area (Å²) in [6.45, 7) is 5.75. The Hall–Kier alpha value is -1.64. The van der Waals surface area contributed by atoms with Crippen molar-refractivity contribution in [1.82, 2.24) is 9.71 Å². The topological polar surface area (TPSA) is 71.5 Å². The van der Waals surface area contributed by atoms with Gasteiger partial charge in [0.05, 0.1) is 6.61 Å². The molecule has 136 valence electrons. The number of sulfonamides is 1. The van der Waals surface area contributed by atoms with Gasteiger partial charge in [-0.2, -0.15) is 0 Å². The van der Waals surface area contributed by atoms with Crippen LogP contribution >= 0.6 is 11.3 Å². The fourth-order valence-electron chi connectivity index (χ4n) is 2.94. The van der Waals surface area contributed by atoms with E-state index in [2.05, 4.69) is 14.6 Å². The van der Waals surface area contributed by atoms with Crippen molar-refractivity contribution in [2.45, 2.75) is 37.6 Å². The highest BCUT2D eigenvalue weighted by molar-refractivity contribution is 7.89. The van der Waals surface area contributed by atoms with E-state index in [0.717, 1.165) is 36.6 Å². The monoisotopic (exact) mass is 381 g/mol. The Labute approximate surface area is 152 Å². The number of nitrogens with one attached hydrogen (secondary N) is 1. The van der Waals surface area contributed by atoms with Crippen LogP contribution in [0.3, 0.4) is 0 Å². The molecule has 25 heavy (non-hydrogen) atoms. The molecule has 1 aromatic heterocycles. The number of rotatable bonds is 6. The van der Waals surface area contributed by atoms with Crippen molar-refractivity contribution in [3.8, 4) is 5.75 Å². The molecule has 1 saturated heterocycles. The molecule has 8 heteroatoms. The van der Waals surface area contributed by atoms with E-state index in [1.54, 1.807) is 29.7 Å². The Kier molecular flexibility index (Phi) is 5.61. The maximum Gasteiger partial charge on any atom is 0.244 e. The molecule has 2 aromatic rings. The first-order chi connectivity index (χ1) is 12.0. The molecular weight excluding hydrogens is 358 g/mol. The van der Waals surface area contributed by atoms with Gasteiger partial charge in [0, 0.05) is 30.7 Å². The fourth-order valence-corrected chi connectivity index (χ4v) is 5.17. The average Bonchev–Trinajstić information content (AvgIpc) is 3.11. The Balaban J connectivity index is 1.69. The van der Waals surface area contributed by atoms with E-state index in [-0.39, 0.29) is 10.9 Å². The second-order valence-electron chi connectivity index (χ2n) is 6.08. The third-order valence-corrected chi connectivity index (χ3v) is 6.57. The zero-order valence-electron chi connectivity index (χ0n) is 14.4. The van der Waals surface area contributed by atoms with E-state index < -0.39 is 10.0 Å². The van der Waals surface area contributed by atoms with E-state index in [4.69, 9.17) is 4.74 Å². The van der Waals surface area contributed by atoms with Crippen molar-refractivity contribution in [2.24, 2.45) is 0 Å². The normalized spacial score (nSPS) is 16.2. The van der Waals surface area contributed by atoms with Crippen LogP contribution < -0.4 is 14.4 Å². The van der Waals surface area contributed by atoms with Gasteiger partial charge in [-0.05, 0) is 44.4 Å². The Morgan fingerprint density at radius 3 is 2.76 bits per heavy atom. The lowest BCUT2D eigenvalue weighted by Gasteiger charge is -2.32. The van der Waals surface area contributed by atoms with Crippen molar-refractivity contribution in [3.05, 3.63) is 35.3 Å². The summed E-state index contributed by atoms with van der Waals surface area (Å²) < 4.78 is 34.0. The first kappa shape index (κ1) is 18.2. The van der Waals surface area contributed by atoms with Crippen LogP contribution in [-0.2, 0) is 10.0 Å². The Bertz CT molecular complexity index is 799. The predicted octanol–water partition coefficient (Wildman–Crippen LogP) is 2.80. The lowest BCUT2D eigenvalue weighted by Crippen LogP contribution is -2.44. The second-order valence-corrected chi connectivity index (χ2v) is 8.64. The van der Waals surface area contributed by atoms with Crippen LogP contribution in [0, 0.1) is 6.92 Å². The van der Waals surface area contributed by atoms with Crippen LogP contribution in [0.2, 0.25) is 0 Å². The lowest BCUT2D eigenvalue weighted by atomic mass is 10.1. The van der Waals surface area contributed by atoms with E-state index in [0.29, 0.717) is 12.4 Å². The number of hydrogen-bond donors (Lipinski definition) is 1. The first-order valence-electron chi connectivity index (χ1n) is 8.40. The number of hydrogen-bond acceptors (Lipinski definition) is 6. The average molecular weight is 382 g/mol. The zero-order valence-corrected chi connectivity index (χ0v) is 16.1. The third-order valence-electron chi connectivity index (χ3n) is 4.20. The molecule has 0 aliphatic carbocycles. The minimum Gasteiger partial charge on any atom is -0.492 e. The summed E-state index contributed by atoms with van der Waals surface area (Å²) in [5.74, 6) is 0.404. The van der Waals surface area contributed by atoms with E-state index in [1.807, 2.05) is 25.3 Å². The molecule has 1 aromatic carbocycles. The number of anilines is 1. The molecule has 0 saturated carbocycles. The van der Waals surface area contributed by atoms with Crippen molar-refractivity contribution in [1.29, 1.82) is 0 Å². The molecule has 0 radical (unpaired) electrons. The van der Waals surface area contributed by atoms with Gasteiger partial charge in [-0.3, -0.25) is 0 Å². The number of piperidine rings is 1. The lowest BCUT2D eigenvalue weighted by molar-refractivity contribution is 0.330. The highest BCUT2D eigenvalue weighted by Crippen LogP contribution is 2.27. The van der Waals surface area contributed by atoms with Crippen molar-refractivity contribution < 1.29 is 13.2 Å². The van der Waals surface area contributed by atoms with Crippen LogP contribution in [-0.4, -0.2) is 39.1 Å². The molecule has 0 amide bonds. The summed E-state index contributed by atoms with van der Waals surface area (Å²) in [4.78, 5) is 6.74. The third kappa shape index (κ3) is 4.31. The van der Waals surface area contributed by atoms with Gasteiger partial charge in [-0.25, -0.2) is 18.1 Å². The summed E-state index contributed by atoms with van der Waals surface area (Å²) in [6.07, 6.45) is 3.31. The van der Waals surface area contributed by atoms with E-state index >= 15 is 0 Å². The minimum absolute atomic E-state index is 0.0730. The Morgan fingerprint density at radius 1 is 1.36 bits per heavy atom. The van der Waals surface area contributed by atoms with Gasteiger partial charge in [0.1, 0.15) is 10.6 Å². The molecule has 0 bridgehead atoms. The SMILES string of the molecule is CCOc1ccc(C)cc1S(=O)(=O)NC1CCN(c2nccs2)CC1. The summed E-state index contributed by atoms with van der Waals surface area (Å²) in [5.41, 5.74) is 0.891. The summed E-state index contributed by atoms with van der Waals surface area (Å²) >= 11 is 1.61. The molecule has 1 N–H and O–H groups in total. The number of ether oxygens (including phenoxy) is 1. The largest absolute Gasteiger partial charge is 0.492 e. The number of thiazole rings is 1. The van der Waals surface area contributed by atoms with E-state index in [1.165, 1.54) is 0 Å². The van der Waals surface area contributed by atoms with E-state index in [9.17, 15) is 8.42 Å². The van der Waals surface area contributed by atoms with Gasteiger partial charge in [0.2, 0.25) is 10.0 Å². The van der Waals surface area contributed by atoms with Crippen molar-refractivity contribution in [2.75, 3.05) is 24.6 Å². The molecule has 1 aliphatic rings. The minimum atomic E-state index is -3.61. The van der Waals surface area contributed by atoms with Gasteiger partial charge in [-0.1, -0.05) is 6.07 Å². The van der Waals surface area contributed by atoms with Crippen molar-refractivity contribution in [3.63, 3.8) is 0 Å². The van der Waals surface area contributed by atoms with Crippen LogP contribution in [0.1, 0.15) is 25.3 Å². The highest BCUT2D eigenvalue weighted by atomic mass is 32.2. The maximum absolute atomic E-state index is 12.8. The van der Waals surface area contributed by atoms with Crippen LogP contribution in [0.5, 0.6) is 5.75 Å². The van der Waals surface area contributed by atoms with Gasteiger partial charge in [-0.15, -0.1) is 11.3 Å². The van der Waals surface area contributed by atoms with Crippen LogP contribution in [0.15, 0.2) is 34.7 Å². The summed E-state index contributed by atoms with van der Waals surface area (Å²) in [7, 11) is -3.61. The quantitative estimate of drug-likeness (QED) is 0.833. The molecule has 2 heterocycles. The smallest absolute Gasteiger partial charge is 0.244 e. The predicted molar refractivity (Wildman–Crippen MR) is 100 cm³/mol. The molecule has 0 atom stereocenters. The molecule has 1 aliphatic heterocycles. The molecule has 0 unspecified atom stereocenters. The van der Waals surface area contributed by atoms with Gasteiger partial charge in [0.25, 0.3) is 0 Å². The van der Waals surface area contributed by atoms with Gasteiger partial charge < -0.3 is 9.64 Å². The molecular formula is C17H23N3O3S2. The van der Waals surface area contributed by atoms with Gasteiger partial charge >= 0.3 is 0 Å². The van der Waals surface area contributed by atoms with Crippen molar-refractivity contribution >= 4 is 26.5 Å². The second kappa shape index (κ2) is 7.72. The van der Waals surface area contributed by atoms with Crippen LogP contribution in [0.25, 0.3) is 0 Å². The first-order valence-corrected chi connectivity index (χ1v) is 10.8. The number of benzene rings is 1. The number of aryl methyl sites for hydroxylation is 1. The maximum atomic E-state index is 12.8. The zero-order chi connectivity index (χ0) is 17.9. The summed E-state index contributed by atoms with van der Waals surface area (Å²) in [5, 5.41) is 2.95. The highest BCUT2D eigenvalue weighted by Gasteiger charge is 2.27. The molecule has 0 spiro atoms. The number of nitrogens with zero attached hydrogens (tertiary/aromatic N) is 2. The molecule has 6 nitrogen and oxygen atoms in total. The Morgan fingerprint density at radius 2 is 2.12 bits per heavy atom. The standard InChI is InChI=1S/C17H23N3O3S2/c1-3-23-15-5-4-13(2)12-16(15)25(21,22)19-14-6-9-20(10-7-14)17-18-8-11-24-17/h4-5,8,11-12,14,19H,3,6-7,9-10H2,1-2H3. The summed E-state index contributed by atoms with van der Waals surface area (Å²) in [6, 6.07) is 5.17. The number of aromatic nitrogens is 1. The molecule has 3 rings (SSSR count). The molecule has 1 fully saturated rings. The van der Waals surface area contributed by atoms with Crippen LogP contribution in [0.4, 0.5) is 5.13 Å². The van der Waals surface area contributed by atoms with Gasteiger partial charge in [0.15, 0.2) is 5.13 Å².